The van der Waals surface area contributed by atoms with Gasteiger partial charge in [0.2, 0.25) is 5.89 Å². The van der Waals surface area contributed by atoms with Gasteiger partial charge in [0.25, 0.3) is 11.7 Å². The summed E-state index contributed by atoms with van der Waals surface area (Å²) in [5.41, 5.74) is 5.42. The third kappa shape index (κ3) is 2.03. The maximum absolute atomic E-state index is 11.5. The van der Waals surface area contributed by atoms with Crippen molar-refractivity contribution in [1.29, 1.82) is 0 Å². The number of carbonyl (C=O) groups is 1. The highest BCUT2D eigenvalue weighted by Gasteiger charge is 2.44. The van der Waals surface area contributed by atoms with Gasteiger partial charge in [0, 0.05) is 12.6 Å². The fourth-order valence-electron chi connectivity index (χ4n) is 1.70. The molecular formula is C10H16N4O3. The van der Waals surface area contributed by atoms with Gasteiger partial charge >= 0.3 is 0 Å². The van der Waals surface area contributed by atoms with Gasteiger partial charge in [-0.2, -0.15) is 4.98 Å². The Bertz CT molecular complexity index is 419. The van der Waals surface area contributed by atoms with Crippen LogP contribution in [0.2, 0.25) is 0 Å². The van der Waals surface area contributed by atoms with Gasteiger partial charge in [-0.1, -0.05) is 5.16 Å². The predicted molar refractivity (Wildman–Crippen MR) is 58.5 cm³/mol. The number of nitrogens with zero attached hydrogens (tertiary/aromatic N) is 2. The number of carbonyl (C=O) groups excluding carboxylic acids is 1. The summed E-state index contributed by atoms with van der Waals surface area (Å²) in [5, 5.41) is 6.25. The summed E-state index contributed by atoms with van der Waals surface area (Å²) in [5.74, 6) is 0.0320. The van der Waals surface area contributed by atoms with E-state index in [0.717, 1.165) is 0 Å². The molecule has 1 aliphatic heterocycles. The maximum Gasteiger partial charge on any atom is 0.292 e. The molecule has 3 N–H and O–H groups in total. The molecule has 0 aromatic carbocycles. The van der Waals surface area contributed by atoms with Crippen LogP contribution >= 0.6 is 0 Å². The minimum atomic E-state index is -0.516. The summed E-state index contributed by atoms with van der Waals surface area (Å²) >= 11 is 0. The maximum atomic E-state index is 11.5. The van der Waals surface area contributed by atoms with Crippen LogP contribution < -0.4 is 11.1 Å². The third-order valence-corrected chi connectivity index (χ3v) is 2.97. The number of hydrogen-bond donors (Lipinski definition) is 2. The van der Waals surface area contributed by atoms with E-state index in [1.54, 1.807) is 0 Å². The summed E-state index contributed by atoms with van der Waals surface area (Å²) in [6.45, 7) is 5.10. The van der Waals surface area contributed by atoms with Crippen LogP contribution in [0.5, 0.6) is 0 Å². The number of rotatable bonds is 3. The molecule has 0 spiro atoms. The molecule has 1 fully saturated rings. The first-order valence-electron chi connectivity index (χ1n) is 5.53. The SMILES string of the molecule is CCNC(=O)c1noc(C2(C)COCC2N)n1. The predicted octanol–water partition coefficient (Wildman–Crippen LogP) is -0.565. The number of hydrogen-bond acceptors (Lipinski definition) is 6. The first-order valence-corrected chi connectivity index (χ1v) is 5.53. The molecule has 1 aromatic rings. The normalized spacial score (nSPS) is 28.3. The molecule has 0 aliphatic carbocycles. The summed E-state index contributed by atoms with van der Waals surface area (Å²) in [4.78, 5) is 15.6. The lowest BCUT2D eigenvalue weighted by atomic mass is 9.86. The van der Waals surface area contributed by atoms with Crippen molar-refractivity contribution in [3.63, 3.8) is 0 Å². The Hall–Kier alpha value is -1.47. The first kappa shape index (κ1) is 12.0. The number of amides is 1. The Labute approximate surface area is 98.7 Å². The quantitative estimate of drug-likeness (QED) is 0.733. The molecule has 2 heterocycles. The first-order chi connectivity index (χ1) is 8.08. The monoisotopic (exact) mass is 240 g/mol. The summed E-state index contributed by atoms with van der Waals surface area (Å²) < 4.78 is 10.4. The molecule has 94 valence electrons. The van der Waals surface area contributed by atoms with Gasteiger partial charge in [-0.15, -0.1) is 0 Å². The average molecular weight is 240 g/mol. The Morgan fingerprint density at radius 1 is 1.71 bits per heavy atom. The van der Waals surface area contributed by atoms with Gasteiger partial charge < -0.3 is 20.3 Å². The van der Waals surface area contributed by atoms with Crippen LogP contribution in [0, 0.1) is 0 Å². The molecule has 1 aromatic heterocycles. The number of nitrogens with one attached hydrogen (secondary N) is 1. The molecular weight excluding hydrogens is 224 g/mol. The highest BCUT2D eigenvalue weighted by molar-refractivity contribution is 5.90. The van der Waals surface area contributed by atoms with Gasteiger partial charge in [-0.05, 0) is 13.8 Å². The zero-order valence-electron chi connectivity index (χ0n) is 9.90. The minimum absolute atomic E-state index is 0.0298. The van der Waals surface area contributed by atoms with Crippen molar-refractivity contribution in [3.8, 4) is 0 Å². The van der Waals surface area contributed by atoms with E-state index in [2.05, 4.69) is 15.5 Å². The van der Waals surface area contributed by atoms with Crippen LogP contribution in [0.3, 0.4) is 0 Å². The standard InChI is InChI=1S/C10H16N4O3/c1-3-12-8(15)7-13-9(17-14-7)10(2)5-16-4-6(10)11/h6H,3-5,11H2,1-2H3,(H,12,15). The zero-order valence-corrected chi connectivity index (χ0v) is 9.90. The molecule has 0 saturated carbocycles. The van der Waals surface area contributed by atoms with Crippen LogP contribution in [0.15, 0.2) is 4.52 Å². The molecule has 1 aliphatic rings. The topological polar surface area (TPSA) is 103 Å². The van der Waals surface area contributed by atoms with Gasteiger partial charge in [0.05, 0.1) is 18.6 Å². The molecule has 17 heavy (non-hydrogen) atoms. The molecule has 2 rings (SSSR count). The minimum Gasteiger partial charge on any atom is -0.379 e. The van der Waals surface area contributed by atoms with Crippen molar-refractivity contribution in [1.82, 2.24) is 15.5 Å². The van der Waals surface area contributed by atoms with Crippen molar-refractivity contribution in [2.24, 2.45) is 5.73 Å². The smallest absolute Gasteiger partial charge is 0.292 e. The molecule has 2 unspecified atom stereocenters. The van der Waals surface area contributed by atoms with E-state index in [1.807, 2.05) is 13.8 Å². The Balaban J connectivity index is 2.21. The molecule has 0 radical (unpaired) electrons. The molecule has 0 bridgehead atoms. The molecule has 1 amide bonds. The summed E-state index contributed by atoms with van der Waals surface area (Å²) in [6.07, 6.45) is 0. The second-order valence-corrected chi connectivity index (χ2v) is 4.32. The van der Waals surface area contributed by atoms with Crippen LogP contribution in [-0.2, 0) is 10.2 Å². The van der Waals surface area contributed by atoms with E-state index >= 15 is 0 Å². The van der Waals surface area contributed by atoms with E-state index in [-0.39, 0.29) is 17.8 Å². The molecule has 7 nitrogen and oxygen atoms in total. The van der Waals surface area contributed by atoms with E-state index < -0.39 is 5.41 Å². The van der Waals surface area contributed by atoms with Crippen LogP contribution in [0.25, 0.3) is 0 Å². The van der Waals surface area contributed by atoms with Crippen molar-refractivity contribution in [2.75, 3.05) is 19.8 Å². The van der Waals surface area contributed by atoms with E-state index in [4.69, 9.17) is 15.0 Å². The Morgan fingerprint density at radius 3 is 3.06 bits per heavy atom. The second kappa shape index (κ2) is 4.42. The zero-order chi connectivity index (χ0) is 12.5. The third-order valence-electron chi connectivity index (χ3n) is 2.97. The Morgan fingerprint density at radius 2 is 2.47 bits per heavy atom. The molecule has 1 saturated heterocycles. The van der Waals surface area contributed by atoms with Crippen molar-refractivity contribution >= 4 is 5.91 Å². The van der Waals surface area contributed by atoms with Gasteiger partial charge in [0.1, 0.15) is 0 Å². The van der Waals surface area contributed by atoms with Crippen LogP contribution in [0.1, 0.15) is 30.4 Å². The van der Waals surface area contributed by atoms with E-state index in [0.29, 0.717) is 25.6 Å². The van der Waals surface area contributed by atoms with E-state index in [9.17, 15) is 4.79 Å². The fraction of sp³-hybridized carbons (Fsp3) is 0.700. The number of nitrogens with two attached hydrogens (primary N) is 1. The number of aromatic nitrogens is 2. The van der Waals surface area contributed by atoms with Crippen molar-refractivity contribution in [2.45, 2.75) is 25.3 Å². The lowest BCUT2D eigenvalue weighted by molar-refractivity contribution is 0.0942. The average Bonchev–Trinajstić information content (AvgIpc) is 2.88. The van der Waals surface area contributed by atoms with E-state index in [1.165, 1.54) is 0 Å². The fourth-order valence-corrected chi connectivity index (χ4v) is 1.70. The highest BCUT2D eigenvalue weighted by Crippen LogP contribution is 2.30. The lowest BCUT2D eigenvalue weighted by Crippen LogP contribution is -2.42. The number of ether oxygens (including phenoxy) is 1. The molecule has 7 heteroatoms. The van der Waals surface area contributed by atoms with Crippen molar-refractivity contribution < 1.29 is 14.1 Å². The van der Waals surface area contributed by atoms with Crippen LogP contribution in [0.4, 0.5) is 0 Å². The summed E-state index contributed by atoms with van der Waals surface area (Å²) in [6, 6.07) is -0.204. The largest absolute Gasteiger partial charge is 0.379 e. The van der Waals surface area contributed by atoms with Crippen LogP contribution in [-0.4, -0.2) is 41.8 Å². The van der Waals surface area contributed by atoms with Crippen molar-refractivity contribution in [3.05, 3.63) is 11.7 Å². The van der Waals surface area contributed by atoms with Gasteiger partial charge in [-0.3, -0.25) is 4.79 Å². The lowest BCUT2D eigenvalue weighted by Gasteiger charge is -2.21. The molecule has 2 atom stereocenters. The highest BCUT2D eigenvalue weighted by atomic mass is 16.5. The van der Waals surface area contributed by atoms with Gasteiger partial charge in [0.15, 0.2) is 0 Å². The summed E-state index contributed by atoms with van der Waals surface area (Å²) in [7, 11) is 0. The second-order valence-electron chi connectivity index (χ2n) is 4.32. The van der Waals surface area contributed by atoms with Gasteiger partial charge in [-0.25, -0.2) is 0 Å². The Kier molecular flexibility index (Phi) is 3.12.